The number of esters is 1. The van der Waals surface area contributed by atoms with Crippen LogP contribution in [0.2, 0.25) is 0 Å². The molecule has 0 bridgehead atoms. The summed E-state index contributed by atoms with van der Waals surface area (Å²) >= 11 is 0. The number of hydrogen-bond donors (Lipinski definition) is 0. The van der Waals surface area contributed by atoms with E-state index in [9.17, 15) is 9.59 Å². The lowest BCUT2D eigenvalue weighted by atomic mass is 9.97. The summed E-state index contributed by atoms with van der Waals surface area (Å²) < 4.78 is 6.83. The molecule has 1 amide bonds. The van der Waals surface area contributed by atoms with Crippen molar-refractivity contribution in [2.45, 2.75) is 26.7 Å². The normalized spacial score (nSPS) is 14.5. The molecule has 160 valence electrons. The fraction of sp³-hybridized carbons (Fsp3) is 0.333. The van der Waals surface area contributed by atoms with Crippen molar-refractivity contribution < 1.29 is 14.3 Å². The van der Waals surface area contributed by atoms with Crippen LogP contribution in [0.15, 0.2) is 54.6 Å². The van der Waals surface area contributed by atoms with Crippen molar-refractivity contribution in [1.82, 2.24) is 19.7 Å². The minimum absolute atomic E-state index is 0.151. The van der Waals surface area contributed by atoms with E-state index in [1.165, 1.54) is 0 Å². The Labute approximate surface area is 181 Å². The maximum absolute atomic E-state index is 13.2. The standard InChI is InChI=1S/C24H26N4O3/c1-3-31-24(30)19-13-15-27(16-14-19)23(29)21-25-22(18-7-5-4-6-8-18)28(26-21)20-11-9-17(2)10-12-20/h4-12,19H,3,13-16H2,1-2H3. The van der Waals surface area contributed by atoms with Crippen LogP contribution >= 0.6 is 0 Å². The number of hydrogen-bond acceptors (Lipinski definition) is 5. The minimum Gasteiger partial charge on any atom is -0.466 e. The Morgan fingerprint density at radius 1 is 1.03 bits per heavy atom. The van der Waals surface area contributed by atoms with Gasteiger partial charge in [0.2, 0.25) is 5.82 Å². The van der Waals surface area contributed by atoms with E-state index in [4.69, 9.17) is 4.74 Å². The second-order valence-electron chi connectivity index (χ2n) is 7.69. The number of amides is 1. The topological polar surface area (TPSA) is 77.3 Å². The lowest BCUT2D eigenvalue weighted by molar-refractivity contribution is -0.149. The molecule has 3 aromatic rings. The fourth-order valence-electron chi connectivity index (χ4n) is 3.76. The zero-order valence-electron chi connectivity index (χ0n) is 17.8. The predicted octanol–water partition coefficient (Wildman–Crippen LogP) is 3.66. The highest BCUT2D eigenvalue weighted by Crippen LogP contribution is 2.24. The van der Waals surface area contributed by atoms with Gasteiger partial charge in [-0.15, -0.1) is 5.10 Å². The molecule has 1 aliphatic rings. The van der Waals surface area contributed by atoms with Gasteiger partial charge in [-0.2, -0.15) is 0 Å². The van der Waals surface area contributed by atoms with Crippen molar-refractivity contribution >= 4 is 11.9 Å². The first-order valence-electron chi connectivity index (χ1n) is 10.6. The lowest BCUT2D eigenvalue weighted by Crippen LogP contribution is -2.41. The van der Waals surface area contributed by atoms with E-state index < -0.39 is 0 Å². The smallest absolute Gasteiger partial charge is 0.309 e. The first-order valence-corrected chi connectivity index (χ1v) is 10.6. The molecule has 7 heteroatoms. The number of piperidine rings is 1. The number of nitrogens with zero attached hydrogens (tertiary/aromatic N) is 4. The van der Waals surface area contributed by atoms with Crippen LogP contribution in [0.5, 0.6) is 0 Å². The van der Waals surface area contributed by atoms with Gasteiger partial charge < -0.3 is 9.64 Å². The van der Waals surface area contributed by atoms with Crippen molar-refractivity contribution in [3.63, 3.8) is 0 Å². The van der Waals surface area contributed by atoms with Crippen LogP contribution in [0.4, 0.5) is 0 Å². The Bertz CT molecular complexity index is 1050. The van der Waals surface area contributed by atoms with Crippen LogP contribution in [-0.4, -0.2) is 51.2 Å². The predicted molar refractivity (Wildman–Crippen MR) is 117 cm³/mol. The molecule has 31 heavy (non-hydrogen) atoms. The van der Waals surface area contributed by atoms with Crippen LogP contribution in [-0.2, 0) is 9.53 Å². The summed E-state index contributed by atoms with van der Waals surface area (Å²) in [7, 11) is 0. The van der Waals surface area contributed by atoms with Crippen molar-refractivity contribution in [2.24, 2.45) is 5.92 Å². The first-order chi connectivity index (χ1) is 15.1. The van der Waals surface area contributed by atoms with Gasteiger partial charge in [-0.25, -0.2) is 9.67 Å². The number of ether oxygens (including phenoxy) is 1. The molecule has 2 heterocycles. The van der Waals surface area contributed by atoms with Gasteiger partial charge in [0.05, 0.1) is 18.2 Å². The van der Waals surface area contributed by atoms with Gasteiger partial charge in [0.25, 0.3) is 5.91 Å². The maximum atomic E-state index is 13.2. The average Bonchev–Trinajstić information content (AvgIpc) is 3.25. The van der Waals surface area contributed by atoms with Crippen LogP contribution in [0.25, 0.3) is 17.1 Å². The molecule has 1 fully saturated rings. The second-order valence-corrected chi connectivity index (χ2v) is 7.69. The van der Waals surface area contributed by atoms with Crippen molar-refractivity contribution in [3.8, 4) is 17.1 Å². The summed E-state index contributed by atoms with van der Waals surface area (Å²) in [4.78, 5) is 31.5. The second kappa shape index (κ2) is 9.12. The molecule has 0 atom stereocenters. The lowest BCUT2D eigenvalue weighted by Gasteiger charge is -2.30. The molecule has 0 N–H and O–H groups in total. The van der Waals surface area contributed by atoms with Crippen LogP contribution in [0.1, 0.15) is 35.9 Å². The molecule has 0 spiro atoms. The van der Waals surface area contributed by atoms with E-state index in [2.05, 4.69) is 10.1 Å². The summed E-state index contributed by atoms with van der Waals surface area (Å²) in [6.45, 7) is 5.18. The number of aryl methyl sites for hydroxylation is 1. The number of rotatable bonds is 5. The highest BCUT2D eigenvalue weighted by atomic mass is 16.5. The highest BCUT2D eigenvalue weighted by Gasteiger charge is 2.30. The van der Waals surface area contributed by atoms with E-state index in [-0.39, 0.29) is 23.6 Å². The third kappa shape index (κ3) is 4.50. The average molecular weight is 418 g/mol. The Hall–Kier alpha value is -3.48. The molecule has 1 aromatic heterocycles. The summed E-state index contributed by atoms with van der Waals surface area (Å²) in [6, 6.07) is 17.7. The Morgan fingerprint density at radius 2 is 1.71 bits per heavy atom. The van der Waals surface area contributed by atoms with Gasteiger partial charge in [-0.1, -0.05) is 48.0 Å². The van der Waals surface area contributed by atoms with E-state index in [1.807, 2.05) is 61.5 Å². The molecule has 4 rings (SSSR count). The largest absolute Gasteiger partial charge is 0.466 e. The molecule has 0 unspecified atom stereocenters. The molecule has 0 saturated carbocycles. The number of aromatic nitrogens is 3. The Kier molecular flexibility index (Phi) is 6.11. The summed E-state index contributed by atoms with van der Waals surface area (Å²) in [5, 5.41) is 4.57. The quantitative estimate of drug-likeness (QED) is 0.591. The molecular weight excluding hydrogens is 392 g/mol. The number of carbonyl (C=O) groups excluding carboxylic acids is 2. The van der Waals surface area contributed by atoms with Gasteiger partial charge >= 0.3 is 5.97 Å². The number of carbonyl (C=O) groups is 2. The van der Waals surface area contributed by atoms with E-state index in [0.29, 0.717) is 38.4 Å². The Morgan fingerprint density at radius 3 is 2.35 bits per heavy atom. The van der Waals surface area contributed by atoms with Crippen LogP contribution in [0, 0.1) is 12.8 Å². The van der Waals surface area contributed by atoms with E-state index >= 15 is 0 Å². The third-order valence-corrected chi connectivity index (χ3v) is 5.51. The van der Waals surface area contributed by atoms with Gasteiger partial charge in [0.15, 0.2) is 5.82 Å². The number of benzene rings is 2. The molecule has 7 nitrogen and oxygen atoms in total. The molecular formula is C24H26N4O3. The van der Waals surface area contributed by atoms with Crippen LogP contribution < -0.4 is 0 Å². The van der Waals surface area contributed by atoms with Crippen molar-refractivity contribution in [1.29, 1.82) is 0 Å². The van der Waals surface area contributed by atoms with Crippen LogP contribution in [0.3, 0.4) is 0 Å². The minimum atomic E-state index is -0.217. The summed E-state index contributed by atoms with van der Waals surface area (Å²) in [5.74, 6) is 0.235. The molecule has 0 aliphatic carbocycles. The monoisotopic (exact) mass is 418 g/mol. The van der Waals surface area contributed by atoms with Gasteiger partial charge in [-0.05, 0) is 38.8 Å². The first kappa shape index (κ1) is 20.8. The summed E-state index contributed by atoms with van der Waals surface area (Å²) in [5.41, 5.74) is 2.87. The van der Waals surface area contributed by atoms with E-state index in [1.54, 1.807) is 16.5 Å². The molecule has 2 aromatic carbocycles. The van der Waals surface area contributed by atoms with Gasteiger partial charge in [0.1, 0.15) is 0 Å². The number of likely N-dealkylation sites (tertiary alicyclic amines) is 1. The highest BCUT2D eigenvalue weighted by molar-refractivity contribution is 5.91. The van der Waals surface area contributed by atoms with E-state index in [0.717, 1.165) is 16.8 Å². The zero-order valence-corrected chi connectivity index (χ0v) is 17.8. The SMILES string of the molecule is CCOC(=O)C1CCN(C(=O)c2nc(-c3ccccc3)n(-c3ccc(C)cc3)n2)CC1. The molecule has 0 radical (unpaired) electrons. The molecule has 1 saturated heterocycles. The van der Waals surface area contributed by atoms with Crippen molar-refractivity contribution in [3.05, 3.63) is 66.0 Å². The fourth-order valence-corrected chi connectivity index (χ4v) is 3.76. The summed E-state index contributed by atoms with van der Waals surface area (Å²) in [6.07, 6.45) is 1.18. The van der Waals surface area contributed by atoms with Crippen molar-refractivity contribution in [2.75, 3.05) is 19.7 Å². The third-order valence-electron chi connectivity index (χ3n) is 5.51. The maximum Gasteiger partial charge on any atom is 0.309 e. The Balaban J connectivity index is 1.60. The van der Waals surface area contributed by atoms with Gasteiger partial charge in [-0.3, -0.25) is 9.59 Å². The zero-order chi connectivity index (χ0) is 21.8. The molecule has 1 aliphatic heterocycles. The van der Waals surface area contributed by atoms with Gasteiger partial charge in [0, 0.05) is 18.7 Å².